The molecule has 1 amide bonds. The van der Waals surface area contributed by atoms with Crippen LogP contribution in [0.1, 0.15) is 30.1 Å². The number of benzene rings is 2. The molecule has 2 aromatic carbocycles. The van der Waals surface area contributed by atoms with Crippen molar-refractivity contribution >= 4 is 5.91 Å². The second kappa shape index (κ2) is 6.37. The van der Waals surface area contributed by atoms with Crippen LogP contribution in [0.2, 0.25) is 0 Å². The first-order chi connectivity index (χ1) is 13.7. The van der Waals surface area contributed by atoms with Gasteiger partial charge < -0.3 is 15.5 Å². The molecule has 140 valence electrons. The number of nitrogens with zero attached hydrogens (tertiary/aromatic N) is 1. The van der Waals surface area contributed by atoms with E-state index in [0.29, 0.717) is 5.70 Å². The van der Waals surface area contributed by atoms with E-state index < -0.39 is 0 Å². The summed E-state index contributed by atoms with van der Waals surface area (Å²) in [5.41, 5.74) is 3.11. The number of carbonyl (C=O) groups is 1. The molecule has 2 heterocycles. The second-order valence-electron chi connectivity index (χ2n) is 7.37. The summed E-state index contributed by atoms with van der Waals surface area (Å²) < 4.78 is 13.3. The molecule has 1 atom stereocenters. The van der Waals surface area contributed by atoms with Crippen LogP contribution in [-0.4, -0.2) is 10.8 Å². The second-order valence-corrected chi connectivity index (χ2v) is 7.37. The van der Waals surface area contributed by atoms with Gasteiger partial charge in [0.2, 0.25) is 0 Å². The topological polar surface area (TPSA) is 44.4 Å². The van der Waals surface area contributed by atoms with Crippen molar-refractivity contribution in [3.63, 3.8) is 0 Å². The summed E-state index contributed by atoms with van der Waals surface area (Å²) in [6.45, 7) is 0. The highest BCUT2D eigenvalue weighted by Gasteiger charge is 2.47. The van der Waals surface area contributed by atoms with Crippen molar-refractivity contribution in [3.05, 3.63) is 107 Å². The van der Waals surface area contributed by atoms with E-state index in [9.17, 15) is 9.18 Å². The number of fused-ring (bicyclic) bond motifs is 1. The summed E-state index contributed by atoms with van der Waals surface area (Å²) >= 11 is 0. The zero-order valence-corrected chi connectivity index (χ0v) is 15.2. The molecular formula is C23H20FN3O. The van der Waals surface area contributed by atoms with Crippen molar-refractivity contribution in [1.82, 2.24) is 15.5 Å². The molecule has 1 saturated carbocycles. The van der Waals surface area contributed by atoms with E-state index in [-0.39, 0.29) is 23.4 Å². The van der Waals surface area contributed by atoms with Gasteiger partial charge in [-0.05, 0) is 48.3 Å². The first-order valence-electron chi connectivity index (χ1n) is 9.44. The summed E-state index contributed by atoms with van der Waals surface area (Å²) in [6.07, 6.45) is 9.32. The number of rotatable bonds is 4. The van der Waals surface area contributed by atoms with Crippen LogP contribution < -0.4 is 10.6 Å². The molecule has 28 heavy (non-hydrogen) atoms. The lowest BCUT2D eigenvalue weighted by Crippen LogP contribution is -2.38. The van der Waals surface area contributed by atoms with Crippen LogP contribution in [0.4, 0.5) is 4.39 Å². The van der Waals surface area contributed by atoms with Crippen LogP contribution in [0.5, 0.6) is 0 Å². The molecule has 1 fully saturated rings. The van der Waals surface area contributed by atoms with Gasteiger partial charge in [0, 0.05) is 6.20 Å². The zero-order valence-electron chi connectivity index (χ0n) is 15.2. The molecule has 0 aromatic heterocycles. The average Bonchev–Trinajstić information content (AvgIpc) is 3.41. The third-order valence-corrected chi connectivity index (χ3v) is 5.55. The largest absolute Gasteiger partial charge is 0.355 e. The minimum absolute atomic E-state index is 0.120. The monoisotopic (exact) mass is 373 g/mol. The predicted octanol–water partition coefficient (Wildman–Crippen LogP) is 3.83. The molecule has 1 aliphatic carbocycles. The molecular weight excluding hydrogens is 353 g/mol. The van der Waals surface area contributed by atoms with Crippen LogP contribution in [0.25, 0.3) is 0 Å². The molecule has 3 aliphatic rings. The SMILES string of the molecule is O=C(NC1(c2ccccc2)CC1)C1=C2C=CC=CN2C(c2ccc(F)cc2)N1. The van der Waals surface area contributed by atoms with Gasteiger partial charge in [0.05, 0.1) is 11.2 Å². The highest BCUT2D eigenvalue weighted by atomic mass is 19.1. The van der Waals surface area contributed by atoms with E-state index in [1.807, 2.05) is 47.5 Å². The number of hydrogen-bond donors (Lipinski definition) is 2. The maximum Gasteiger partial charge on any atom is 0.270 e. The maximum atomic E-state index is 13.3. The van der Waals surface area contributed by atoms with Crippen molar-refractivity contribution in [2.45, 2.75) is 24.5 Å². The van der Waals surface area contributed by atoms with Crippen molar-refractivity contribution in [1.29, 1.82) is 0 Å². The number of hydrogen-bond acceptors (Lipinski definition) is 3. The van der Waals surface area contributed by atoms with Gasteiger partial charge in [-0.25, -0.2) is 4.39 Å². The Hall–Kier alpha value is -3.34. The van der Waals surface area contributed by atoms with E-state index in [4.69, 9.17) is 0 Å². The van der Waals surface area contributed by atoms with E-state index in [1.165, 1.54) is 12.1 Å². The van der Waals surface area contributed by atoms with Crippen LogP contribution >= 0.6 is 0 Å². The van der Waals surface area contributed by atoms with Gasteiger partial charge in [-0.1, -0.05) is 48.5 Å². The number of halogens is 1. The molecule has 0 spiro atoms. The number of nitrogens with one attached hydrogen (secondary N) is 2. The fourth-order valence-corrected chi connectivity index (χ4v) is 3.89. The Balaban J connectivity index is 1.43. The molecule has 2 aliphatic heterocycles. The third kappa shape index (κ3) is 2.80. The highest BCUT2D eigenvalue weighted by molar-refractivity contribution is 5.95. The Morgan fingerprint density at radius 2 is 1.82 bits per heavy atom. The molecule has 0 radical (unpaired) electrons. The van der Waals surface area contributed by atoms with Crippen molar-refractivity contribution in [2.24, 2.45) is 0 Å². The van der Waals surface area contributed by atoms with Crippen LogP contribution in [0.15, 0.2) is 90.4 Å². The smallest absolute Gasteiger partial charge is 0.270 e. The van der Waals surface area contributed by atoms with E-state index in [2.05, 4.69) is 22.8 Å². The summed E-state index contributed by atoms with van der Waals surface area (Å²) in [4.78, 5) is 15.2. The molecule has 5 heteroatoms. The normalized spacial score (nSPS) is 21.3. The van der Waals surface area contributed by atoms with Gasteiger partial charge in [-0.2, -0.15) is 0 Å². The average molecular weight is 373 g/mol. The fourth-order valence-electron chi connectivity index (χ4n) is 3.89. The summed E-state index contributed by atoms with van der Waals surface area (Å²) in [7, 11) is 0. The predicted molar refractivity (Wildman–Crippen MR) is 105 cm³/mol. The molecule has 0 bridgehead atoms. The molecule has 4 nitrogen and oxygen atoms in total. The quantitative estimate of drug-likeness (QED) is 0.856. The first kappa shape index (κ1) is 16.8. The Labute approximate surface area is 163 Å². The first-order valence-corrected chi connectivity index (χ1v) is 9.44. The molecule has 2 N–H and O–H groups in total. The highest BCUT2D eigenvalue weighted by Crippen LogP contribution is 2.46. The maximum absolute atomic E-state index is 13.3. The minimum atomic E-state index is -0.277. The molecule has 0 saturated heterocycles. The lowest BCUT2D eigenvalue weighted by molar-refractivity contribution is -0.118. The third-order valence-electron chi connectivity index (χ3n) is 5.55. The van der Waals surface area contributed by atoms with E-state index in [1.54, 1.807) is 12.1 Å². The summed E-state index contributed by atoms with van der Waals surface area (Å²) in [6, 6.07) is 16.5. The fraction of sp³-hybridized carbons (Fsp3) is 0.174. The van der Waals surface area contributed by atoms with Crippen molar-refractivity contribution in [2.75, 3.05) is 0 Å². The minimum Gasteiger partial charge on any atom is -0.355 e. The summed E-state index contributed by atoms with van der Waals surface area (Å²) in [5, 5.41) is 6.57. The Kier molecular flexibility index (Phi) is 3.83. The number of carbonyl (C=O) groups excluding carboxylic acids is 1. The van der Waals surface area contributed by atoms with Gasteiger partial charge >= 0.3 is 0 Å². The Bertz CT molecular complexity index is 1000. The van der Waals surface area contributed by atoms with Gasteiger partial charge in [-0.15, -0.1) is 0 Å². The molecule has 2 aromatic rings. The number of amides is 1. The van der Waals surface area contributed by atoms with Crippen LogP contribution in [0.3, 0.4) is 0 Å². The van der Waals surface area contributed by atoms with Gasteiger partial charge in [0.1, 0.15) is 17.7 Å². The summed E-state index contributed by atoms with van der Waals surface area (Å²) in [5.74, 6) is -0.397. The van der Waals surface area contributed by atoms with Gasteiger partial charge in [-0.3, -0.25) is 4.79 Å². The van der Waals surface area contributed by atoms with Crippen molar-refractivity contribution < 1.29 is 9.18 Å². The van der Waals surface area contributed by atoms with E-state index in [0.717, 1.165) is 29.7 Å². The van der Waals surface area contributed by atoms with E-state index >= 15 is 0 Å². The lowest BCUT2D eigenvalue weighted by atomic mass is 10.0. The molecule has 5 rings (SSSR count). The standard InChI is InChI=1S/C23H20FN3O/c24-18-11-9-16(10-12-18)21-25-20(19-8-4-5-15-27(19)21)22(28)26-23(13-14-23)17-6-2-1-3-7-17/h1-12,15,21,25H,13-14H2,(H,26,28). The van der Waals surface area contributed by atoms with Crippen LogP contribution in [-0.2, 0) is 10.3 Å². The Morgan fingerprint density at radius 3 is 2.54 bits per heavy atom. The lowest BCUT2D eigenvalue weighted by Gasteiger charge is -2.26. The molecule has 1 unspecified atom stereocenters. The van der Waals surface area contributed by atoms with Crippen molar-refractivity contribution in [3.8, 4) is 0 Å². The van der Waals surface area contributed by atoms with Crippen LogP contribution in [0, 0.1) is 5.82 Å². The number of allylic oxidation sites excluding steroid dienone is 3. The Morgan fingerprint density at radius 1 is 1.07 bits per heavy atom. The van der Waals surface area contributed by atoms with Gasteiger partial charge in [0.15, 0.2) is 0 Å². The van der Waals surface area contributed by atoms with Gasteiger partial charge in [0.25, 0.3) is 5.91 Å². The zero-order chi connectivity index (χ0) is 19.1.